The lowest BCUT2D eigenvalue weighted by Gasteiger charge is -2.09. The lowest BCUT2D eigenvalue weighted by atomic mass is 10.1. The minimum absolute atomic E-state index is 0.170. The number of hydrogen-bond acceptors (Lipinski definition) is 5. The number of benzene rings is 1. The molecule has 0 aliphatic heterocycles. The number of nitrogens with zero attached hydrogens (tertiary/aromatic N) is 5. The molecule has 0 unspecified atom stereocenters. The first-order valence-electron chi connectivity index (χ1n) is 8.65. The maximum Gasteiger partial charge on any atom is 0.270 e. The van der Waals surface area contributed by atoms with Crippen LogP contribution in [0.25, 0.3) is 0 Å². The maximum atomic E-state index is 12.3. The minimum Gasteiger partial charge on any atom is -0.343 e. The van der Waals surface area contributed by atoms with Gasteiger partial charge < -0.3 is 9.88 Å². The van der Waals surface area contributed by atoms with Crippen molar-refractivity contribution in [3.63, 3.8) is 0 Å². The Morgan fingerprint density at radius 3 is 2.77 bits per heavy atom. The second-order valence-corrected chi connectivity index (χ2v) is 6.31. The topological polar surface area (TPSA) is 85.6 Å². The van der Waals surface area contributed by atoms with Gasteiger partial charge in [0, 0.05) is 18.7 Å². The van der Waals surface area contributed by atoms with Crippen LogP contribution in [0, 0.1) is 0 Å². The number of hydrogen-bond donors (Lipinski definition) is 1. The summed E-state index contributed by atoms with van der Waals surface area (Å²) in [6.45, 7) is 5.04. The van der Waals surface area contributed by atoms with E-state index in [4.69, 9.17) is 0 Å². The molecule has 7 heteroatoms. The van der Waals surface area contributed by atoms with E-state index in [1.54, 1.807) is 18.6 Å². The average molecular weight is 350 g/mol. The van der Waals surface area contributed by atoms with Crippen LogP contribution in [-0.4, -0.2) is 30.6 Å². The fraction of sp³-hybridized carbons (Fsp3) is 0.316. The van der Waals surface area contributed by atoms with Crippen molar-refractivity contribution in [1.82, 2.24) is 30.0 Å². The highest BCUT2D eigenvalue weighted by Gasteiger charge is 2.12. The SMILES string of the molecule is CC(C)c1nccc(C(=O)NCc2nncn2CCc2ccccc2)n1. The van der Waals surface area contributed by atoms with Gasteiger partial charge in [-0.1, -0.05) is 44.2 Å². The molecule has 0 spiro atoms. The molecular weight excluding hydrogens is 328 g/mol. The van der Waals surface area contributed by atoms with Crippen LogP contribution in [0.15, 0.2) is 48.9 Å². The van der Waals surface area contributed by atoms with Crippen LogP contribution in [0.5, 0.6) is 0 Å². The molecule has 1 aromatic carbocycles. The Morgan fingerprint density at radius 1 is 1.19 bits per heavy atom. The minimum atomic E-state index is -0.244. The van der Waals surface area contributed by atoms with Crippen LogP contribution in [-0.2, 0) is 19.5 Å². The molecule has 0 saturated carbocycles. The van der Waals surface area contributed by atoms with E-state index in [1.165, 1.54) is 5.56 Å². The van der Waals surface area contributed by atoms with E-state index in [0.717, 1.165) is 13.0 Å². The first-order chi connectivity index (χ1) is 12.6. The van der Waals surface area contributed by atoms with E-state index in [9.17, 15) is 4.79 Å². The number of carbonyl (C=O) groups is 1. The van der Waals surface area contributed by atoms with Gasteiger partial charge in [0.2, 0.25) is 0 Å². The van der Waals surface area contributed by atoms with E-state index in [-0.39, 0.29) is 11.8 Å². The van der Waals surface area contributed by atoms with Gasteiger partial charge in [-0.25, -0.2) is 9.97 Å². The standard InChI is InChI=1S/C19H22N6O/c1-14(2)18-20-10-8-16(23-18)19(26)21-12-17-24-22-13-25(17)11-9-15-6-4-3-5-7-15/h3-8,10,13-14H,9,11-12H2,1-2H3,(H,21,26). The Bertz CT molecular complexity index is 859. The molecule has 0 atom stereocenters. The van der Waals surface area contributed by atoms with Gasteiger partial charge in [0.1, 0.15) is 17.8 Å². The number of aryl methyl sites for hydroxylation is 2. The summed E-state index contributed by atoms with van der Waals surface area (Å²) >= 11 is 0. The van der Waals surface area contributed by atoms with E-state index >= 15 is 0 Å². The van der Waals surface area contributed by atoms with Crippen LogP contribution in [0.4, 0.5) is 0 Å². The second-order valence-electron chi connectivity index (χ2n) is 6.31. The van der Waals surface area contributed by atoms with Gasteiger partial charge in [0.15, 0.2) is 5.82 Å². The Balaban J connectivity index is 1.59. The van der Waals surface area contributed by atoms with E-state index in [1.807, 2.05) is 36.6 Å². The molecule has 0 aliphatic rings. The largest absolute Gasteiger partial charge is 0.343 e. The van der Waals surface area contributed by atoms with Gasteiger partial charge in [-0.3, -0.25) is 4.79 Å². The van der Waals surface area contributed by atoms with E-state index in [2.05, 4.69) is 37.6 Å². The predicted molar refractivity (Wildman–Crippen MR) is 97.5 cm³/mol. The lowest BCUT2D eigenvalue weighted by Crippen LogP contribution is -2.26. The summed E-state index contributed by atoms with van der Waals surface area (Å²) in [4.78, 5) is 20.8. The highest BCUT2D eigenvalue weighted by atomic mass is 16.1. The number of nitrogens with one attached hydrogen (secondary N) is 1. The Labute approximate surface area is 152 Å². The third-order valence-corrected chi connectivity index (χ3v) is 4.01. The molecule has 0 radical (unpaired) electrons. The van der Waals surface area contributed by atoms with Gasteiger partial charge in [-0.05, 0) is 18.1 Å². The summed E-state index contributed by atoms with van der Waals surface area (Å²) in [7, 11) is 0. The summed E-state index contributed by atoms with van der Waals surface area (Å²) in [5.74, 6) is 1.30. The quantitative estimate of drug-likeness (QED) is 0.707. The fourth-order valence-corrected chi connectivity index (χ4v) is 2.53. The zero-order valence-electron chi connectivity index (χ0n) is 15.0. The van der Waals surface area contributed by atoms with Crippen LogP contribution in [0.2, 0.25) is 0 Å². The number of amides is 1. The first kappa shape index (κ1) is 17.7. The zero-order chi connectivity index (χ0) is 18.4. The summed E-state index contributed by atoms with van der Waals surface area (Å²) in [6, 6.07) is 11.8. The predicted octanol–water partition coefficient (Wildman–Crippen LogP) is 2.36. The summed E-state index contributed by atoms with van der Waals surface area (Å²) in [5.41, 5.74) is 1.61. The molecule has 0 fully saturated rings. The van der Waals surface area contributed by atoms with Crippen molar-refractivity contribution < 1.29 is 4.79 Å². The number of aromatic nitrogens is 5. The van der Waals surface area contributed by atoms with Crippen LogP contribution in [0.3, 0.4) is 0 Å². The molecule has 2 aromatic heterocycles. The third-order valence-electron chi connectivity index (χ3n) is 4.01. The Hall–Kier alpha value is -3.09. The molecule has 26 heavy (non-hydrogen) atoms. The Kier molecular flexibility index (Phi) is 5.68. The summed E-state index contributed by atoms with van der Waals surface area (Å²) in [5, 5.41) is 10.9. The second kappa shape index (κ2) is 8.33. The van der Waals surface area contributed by atoms with Gasteiger partial charge in [0.05, 0.1) is 6.54 Å². The number of rotatable bonds is 7. The van der Waals surface area contributed by atoms with E-state index in [0.29, 0.717) is 23.9 Å². The first-order valence-corrected chi connectivity index (χ1v) is 8.65. The number of carbonyl (C=O) groups excluding carboxylic acids is 1. The van der Waals surface area contributed by atoms with Crippen molar-refractivity contribution in [2.45, 2.75) is 39.3 Å². The zero-order valence-corrected chi connectivity index (χ0v) is 15.0. The molecule has 0 saturated heterocycles. The highest BCUT2D eigenvalue weighted by Crippen LogP contribution is 2.08. The molecule has 1 amide bonds. The van der Waals surface area contributed by atoms with Crippen LogP contribution in [0.1, 0.15) is 47.5 Å². The normalized spacial score (nSPS) is 10.9. The van der Waals surface area contributed by atoms with Crippen molar-refractivity contribution >= 4 is 5.91 Å². The molecule has 2 heterocycles. The van der Waals surface area contributed by atoms with Crippen molar-refractivity contribution in [2.24, 2.45) is 0 Å². The average Bonchev–Trinajstić information content (AvgIpc) is 3.12. The Morgan fingerprint density at radius 2 is 2.00 bits per heavy atom. The third kappa shape index (κ3) is 4.50. The van der Waals surface area contributed by atoms with Crippen molar-refractivity contribution in [1.29, 1.82) is 0 Å². The molecule has 0 bridgehead atoms. The molecule has 7 nitrogen and oxygen atoms in total. The van der Waals surface area contributed by atoms with E-state index < -0.39 is 0 Å². The van der Waals surface area contributed by atoms with Gasteiger partial charge in [-0.15, -0.1) is 10.2 Å². The van der Waals surface area contributed by atoms with Gasteiger partial charge in [-0.2, -0.15) is 0 Å². The van der Waals surface area contributed by atoms with Crippen molar-refractivity contribution in [3.05, 3.63) is 71.8 Å². The molecule has 0 aliphatic carbocycles. The molecule has 134 valence electrons. The summed E-state index contributed by atoms with van der Waals surface area (Å²) in [6.07, 6.45) is 4.18. The molecule has 3 aromatic rings. The van der Waals surface area contributed by atoms with Crippen molar-refractivity contribution in [3.8, 4) is 0 Å². The summed E-state index contributed by atoms with van der Waals surface area (Å²) < 4.78 is 1.95. The monoisotopic (exact) mass is 350 g/mol. The van der Waals surface area contributed by atoms with Gasteiger partial charge >= 0.3 is 0 Å². The molecule has 3 rings (SSSR count). The van der Waals surface area contributed by atoms with Crippen molar-refractivity contribution in [2.75, 3.05) is 0 Å². The van der Waals surface area contributed by atoms with Gasteiger partial charge in [0.25, 0.3) is 5.91 Å². The smallest absolute Gasteiger partial charge is 0.270 e. The lowest BCUT2D eigenvalue weighted by molar-refractivity contribution is 0.0944. The maximum absolute atomic E-state index is 12.3. The fourth-order valence-electron chi connectivity index (χ4n) is 2.53. The van der Waals surface area contributed by atoms with Crippen LogP contribution >= 0.6 is 0 Å². The molecular formula is C19H22N6O. The molecule has 1 N–H and O–H groups in total. The van der Waals surface area contributed by atoms with Crippen LogP contribution < -0.4 is 5.32 Å². The highest BCUT2D eigenvalue weighted by molar-refractivity contribution is 5.92.